The van der Waals surface area contributed by atoms with E-state index in [1.165, 1.54) is 6.07 Å². The predicted molar refractivity (Wildman–Crippen MR) is 122 cm³/mol. The zero-order valence-electron chi connectivity index (χ0n) is 17.3. The molecule has 5 nitrogen and oxygen atoms in total. The predicted octanol–water partition coefficient (Wildman–Crippen LogP) is 4.71. The highest BCUT2D eigenvalue weighted by molar-refractivity contribution is 7.22. The number of nitrogens with zero attached hydrogens (tertiary/aromatic N) is 3. The minimum atomic E-state index is -0.728. The van der Waals surface area contributed by atoms with Crippen molar-refractivity contribution >= 4 is 43.4 Å². The van der Waals surface area contributed by atoms with Crippen molar-refractivity contribution in [3.63, 3.8) is 0 Å². The Morgan fingerprint density at radius 3 is 2.72 bits per heavy atom. The number of hydrogen-bond acceptors (Lipinski definition) is 5. The molecule has 3 aromatic carbocycles. The summed E-state index contributed by atoms with van der Waals surface area (Å²) in [6.07, 6.45) is 0. The van der Waals surface area contributed by atoms with Crippen LogP contribution in [0.3, 0.4) is 0 Å². The largest absolute Gasteiger partial charge is 0.379 e. The van der Waals surface area contributed by atoms with E-state index < -0.39 is 11.6 Å². The molecular formula is C24H21F2N3O2S. The minimum Gasteiger partial charge on any atom is -0.379 e. The number of halogens is 2. The second-order valence-electron chi connectivity index (χ2n) is 7.67. The van der Waals surface area contributed by atoms with Crippen LogP contribution in [0.25, 0.3) is 21.0 Å². The molecule has 4 aromatic rings. The van der Waals surface area contributed by atoms with Crippen LogP contribution >= 0.6 is 11.3 Å². The van der Waals surface area contributed by atoms with Gasteiger partial charge in [0.25, 0.3) is 5.91 Å². The van der Waals surface area contributed by atoms with Crippen LogP contribution in [-0.2, 0) is 4.74 Å². The number of anilines is 1. The van der Waals surface area contributed by atoms with Gasteiger partial charge in [-0.25, -0.2) is 13.8 Å². The van der Waals surface area contributed by atoms with Gasteiger partial charge in [0.1, 0.15) is 11.3 Å². The molecule has 1 amide bonds. The van der Waals surface area contributed by atoms with Crippen LogP contribution in [0, 0.1) is 11.6 Å². The zero-order valence-corrected chi connectivity index (χ0v) is 18.1. The first kappa shape index (κ1) is 20.9. The van der Waals surface area contributed by atoms with Gasteiger partial charge in [0.15, 0.2) is 10.9 Å². The smallest absolute Gasteiger partial charge is 0.260 e. The van der Waals surface area contributed by atoms with Gasteiger partial charge in [0.05, 0.1) is 17.9 Å². The van der Waals surface area contributed by atoms with Crippen molar-refractivity contribution in [2.45, 2.75) is 0 Å². The van der Waals surface area contributed by atoms with Gasteiger partial charge < -0.3 is 4.74 Å². The van der Waals surface area contributed by atoms with Crippen LogP contribution in [0.15, 0.2) is 54.6 Å². The SMILES string of the molecule is O=C(c1cccc2ccccc12)N(CCN1CCOCC1)c1nc2c(F)cc(F)cc2s1. The summed E-state index contributed by atoms with van der Waals surface area (Å²) in [6, 6.07) is 15.4. The molecule has 0 saturated carbocycles. The number of benzene rings is 3. The van der Waals surface area contributed by atoms with Gasteiger partial charge in [0, 0.05) is 37.8 Å². The molecule has 0 atom stereocenters. The summed E-state index contributed by atoms with van der Waals surface area (Å²) in [5.41, 5.74) is 0.629. The van der Waals surface area contributed by atoms with E-state index in [2.05, 4.69) is 9.88 Å². The number of amides is 1. The number of morpholine rings is 1. The van der Waals surface area contributed by atoms with Crippen molar-refractivity contribution in [3.05, 3.63) is 71.8 Å². The maximum atomic E-state index is 14.3. The molecule has 0 spiro atoms. The first-order valence-electron chi connectivity index (χ1n) is 10.5. The van der Waals surface area contributed by atoms with E-state index in [0.717, 1.165) is 41.3 Å². The Hall–Kier alpha value is -2.94. The van der Waals surface area contributed by atoms with E-state index >= 15 is 0 Å². The molecule has 1 aliphatic heterocycles. The Balaban J connectivity index is 1.54. The first-order chi connectivity index (χ1) is 15.6. The zero-order chi connectivity index (χ0) is 22.1. The van der Waals surface area contributed by atoms with E-state index in [1.54, 1.807) is 11.0 Å². The summed E-state index contributed by atoms with van der Waals surface area (Å²) < 4.78 is 33.8. The third kappa shape index (κ3) is 4.09. The number of carbonyl (C=O) groups is 1. The summed E-state index contributed by atoms with van der Waals surface area (Å²) >= 11 is 1.12. The normalized spacial score (nSPS) is 14.8. The summed E-state index contributed by atoms with van der Waals surface area (Å²) in [5.74, 6) is -1.60. The molecule has 2 heterocycles. The van der Waals surface area contributed by atoms with E-state index in [4.69, 9.17) is 4.74 Å². The highest BCUT2D eigenvalue weighted by Crippen LogP contribution is 2.32. The lowest BCUT2D eigenvalue weighted by atomic mass is 10.0. The number of aromatic nitrogens is 1. The lowest BCUT2D eigenvalue weighted by molar-refractivity contribution is 0.0391. The van der Waals surface area contributed by atoms with E-state index in [1.807, 2.05) is 36.4 Å². The summed E-state index contributed by atoms with van der Waals surface area (Å²) in [4.78, 5) is 21.9. The van der Waals surface area contributed by atoms with E-state index in [0.29, 0.717) is 41.7 Å². The van der Waals surface area contributed by atoms with Crippen molar-refractivity contribution < 1.29 is 18.3 Å². The quantitative estimate of drug-likeness (QED) is 0.439. The van der Waals surface area contributed by atoms with Crippen LogP contribution < -0.4 is 4.90 Å². The standard InChI is InChI=1S/C24H21F2N3O2S/c25-17-14-20(26)22-21(15-17)32-24(27-22)29(9-8-28-10-12-31-13-11-28)23(30)19-7-3-5-16-4-1-2-6-18(16)19/h1-7,14-15H,8-13H2. The molecule has 1 aliphatic rings. The van der Waals surface area contributed by atoms with E-state index in [-0.39, 0.29) is 11.4 Å². The molecule has 1 aromatic heterocycles. The van der Waals surface area contributed by atoms with Crippen molar-refractivity contribution in [2.24, 2.45) is 0 Å². The Bertz CT molecular complexity index is 1280. The monoisotopic (exact) mass is 453 g/mol. The van der Waals surface area contributed by atoms with Crippen molar-refractivity contribution in [3.8, 4) is 0 Å². The van der Waals surface area contributed by atoms with Crippen LogP contribution in [0.5, 0.6) is 0 Å². The topological polar surface area (TPSA) is 45.7 Å². The Kier molecular flexibility index (Phi) is 5.82. The second-order valence-corrected chi connectivity index (χ2v) is 8.68. The number of fused-ring (bicyclic) bond motifs is 2. The fourth-order valence-corrected chi connectivity index (χ4v) is 5.00. The number of carbonyl (C=O) groups excluding carboxylic acids is 1. The molecule has 0 aliphatic carbocycles. The van der Waals surface area contributed by atoms with Crippen LogP contribution in [0.2, 0.25) is 0 Å². The lowest BCUT2D eigenvalue weighted by Crippen LogP contribution is -2.43. The Morgan fingerprint density at radius 1 is 1.09 bits per heavy atom. The maximum Gasteiger partial charge on any atom is 0.260 e. The molecule has 164 valence electrons. The average molecular weight is 454 g/mol. The highest BCUT2D eigenvalue weighted by Gasteiger charge is 2.25. The van der Waals surface area contributed by atoms with Crippen LogP contribution in [0.4, 0.5) is 13.9 Å². The molecule has 32 heavy (non-hydrogen) atoms. The molecule has 0 radical (unpaired) electrons. The van der Waals surface area contributed by atoms with Gasteiger partial charge in [0.2, 0.25) is 0 Å². The third-order valence-electron chi connectivity index (χ3n) is 5.64. The third-order valence-corrected chi connectivity index (χ3v) is 6.67. The molecule has 1 fully saturated rings. The van der Waals surface area contributed by atoms with E-state index in [9.17, 15) is 13.6 Å². The fraction of sp³-hybridized carbons (Fsp3) is 0.250. The number of rotatable bonds is 5. The van der Waals surface area contributed by atoms with Crippen LogP contribution in [-0.4, -0.2) is 55.2 Å². The summed E-state index contributed by atoms with van der Waals surface area (Å²) in [7, 11) is 0. The molecule has 0 N–H and O–H groups in total. The molecule has 0 unspecified atom stereocenters. The molecular weight excluding hydrogens is 432 g/mol. The number of ether oxygens (including phenoxy) is 1. The average Bonchev–Trinajstić information content (AvgIpc) is 3.23. The maximum absolute atomic E-state index is 14.3. The van der Waals surface area contributed by atoms with Crippen molar-refractivity contribution in [1.29, 1.82) is 0 Å². The molecule has 1 saturated heterocycles. The van der Waals surface area contributed by atoms with Crippen LogP contribution in [0.1, 0.15) is 10.4 Å². The van der Waals surface area contributed by atoms with Gasteiger partial charge in [-0.05, 0) is 22.9 Å². The fourth-order valence-electron chi connectivity index (χ4n) is 3.97. The summed E-state index contributed by atoms with van der Waals surface area (Å²) in [5, 5.41) is 2.16. The van der Waals surface area contributed by atoms with Gasteiger partial charge in [-0.3, -0.25) is 14.6 Å². The summed E-state index contributed by atoms with van der Waals surface area (Å²) in [6.45, 7) is 3.90. The first-order valence-corrected chi connectivity index (χ1v) is 11.3. The molecule has 8 heteroatoms. The highest BCUT2D eigenvalue weighted by atomic mass is 32.1. The minimum absolute atomic E-state index is 0.0773. The van der Waals surface area contributed by atoms with Gasteiger partial charge in [-0.15, -0.1) is 0 Å². The second kappa shape index (κ2) is 8.90. The van der Waals surface area contributed by atoms with Gasteiger partial charge in [-0.1, -0.05) is 47.7 Å². The van der Waals surface area contributed by atoms with Crippen molar-refractivity contribution in [2.75, 3.05) is 44.3 Å². The number of hydrogen-bond donors (Lipinski definition) is 0. The Morgan fingerprint density at radius 2 is 1.88 bits per heavy atom. The Labute approximate surface area is 187 Å². The molecule has 5 rings (SSSR count). The van der Waals surface area contributed by atoms with Gasteiger partial charge >= 0.3 is 0 Å². The van der Waals surface area contributed by atoms with Gasteiger partial charge in [-0.2, -0.15) is 0 Å². The number of thiazole rings is 1. The lowest BCUT2D eigenvalue weighted by Gasteiger charge is -2.29. The van der Waals surface area contributed by atoms with Crippen molar-refractivity contribution in [1.82, 2.24) is 9.88 Å². The molecule has 0 bridgehead atoms.